The molecule has 1 atom stereocenters. The standard InChI is InChI=1S/C18H23NO3/c20-18(22-13-15-7-3-4-11-21-15)10-5-6-14-12-19-17-9-2-1-8-16(14)17/h1-2,8-9,12,15,19H,3-7,10-11,13H2. The molecule has 1 aromatic heterocycles. The van der Waals surface area contributed by atoms with Crippen molar-refractivity contribution in [3.8, 4) is 0 Å². The van der Waals surface area contributed by atoms with E-state index in [1.807, 2.05) is 18.3 Å². The zero-order valence-corrected chi connectivity index (χ0v) is 12.8. The van der Waals surface area contributed by atoms with E-state index >= 15 is 0 Å². The molecule has 1 aliphatic heterocycles. The summed E-state index contributed by atoms with van der Waals surface area (Å²) >= 11 is 0. The number of nitrogens with one attached hydrogen (secondary N) is 1. The number of benzene rings is 1. The van der Waals surface area contributed by atoms with Crippen LogP contribution in [0.4, 0.5) is 0 Å². The van der Waals surface area contributed by atoms with Crippen LogP contribution in [0.1, 0.15) is 37.7 Å². The van der Waals surface area contributed by atoms with E-state index in [-0.39, 0.29) is 12.1 Å². The maximum atomic E-state index is 11.8. The summed E-state index contributed by atoms with van der Waals surface area (Å²) in [4.78, 5) is 15.1. The summed E-state index contributed by atoms with van der Waals surface area (Å²) in [6, 6.07) is 8.24. The van der Waals surface area contributed by atoms with Gasteiger partial charge in [-0.2, -0.15) is 0 Å². The maximum Gasteiger partial charge on any atom is 0.305 e. The van der Waals surface area contributed by atoms with E-state index < -0.39 is 0 Å². The Balaban J connectivity index is 1.40. The number of para-hydroxylation sites is 1. The van der Waals surface area contributed by atoms with Gasteiger partial charge in [-0.25, -0.2) is 0 Å². The Labute approximate surface area is 130 Å². The average molecular weight is 301 g/mol. The molecule has 0 radical (unpaired) electrons. The van der Waals surface area contributed by atoms with Gasteiger partial charge in [0, 0.05) is 30.1 Å². The number of rotatable bonds is 6. The number of fused-ring (bicyclic) bond motifs is 1. The van der Waals surface area contributed by atoms with Gasteiger partial charge in [0.1, 0.15) is 6.61 Å². The Morgan fingerprint density at radius 1 is 1.32 bits per heavy atom. The van der Waals surface area contributed by atoms with Gasteiger partial charge in [0.25, 0.3) is 0 Å². The van der Waals surface area contributed by atoms with Gasteiger partial charge in [0.2, 0.25) is 0 Å². The molecule has 1 unspecified atom stereocenters. The van der Waals surface area contributed by atoms with E-state index in [0.717, 1.165) is 37.8 Å². The van der Waals surface area contributed by atoms with Gasteiger partial charge in [-0.3, -0.25) is 4.79 Å². The third kappa shape index (κ3) is 3.89. The minimum absolute atomic E-state index is 0.103. The lowest BCUT2D eigenvalue weighted by Crippen LogP contribution is -2.25. The molecule has 3 rings (SSSR count). The molecule has 4 nitrogen and oxygen atoms in total. The lowest BCUT2D eigenvalue weighted by Gasteiger charge is -2.22. The van der Waals surface area contributed by atoms with Crippen molar-refractivity contribution >= 4 is 16.9 Å². The number of ether oxygens (including phenoxy) is 2. The van der Waals surface area contributed by atoms with E-state index in [9.17, 15) is 4.79 Å². The zero-order chi connectivity index (χ0) is 15.2. The van der Waals surface area contributed by atoms with Gasteiger partial charge >= 0.3 is 5.97 Å². The summed E-state index contributed by atoms with van der Waals surface area (Å²) in [5.41, 5.74) is 2.41. The SMILES string of the molecule is O=C(CCCc1c[nH]c2ccccc12)OCC1CCCCO1. The van der Waals surface area contributed by atoms with Crippen LogP contribution < -0.4 is 0 Å². The minimum Gasteiger partial charge on any atom is -0.463 e. The van der Waals surface area contributed by atoms with Gasteiger partial charge < -0.3 is 14.5 Å². The molecular formula is C18H23NO3. The summed E-state index contributed by atoms with van der Waals surface area (Å²) in [6.07, 6.45) is 7.59. The van der Waals surface area contributed by atoms with Crippen molar-refractivity contribution in [2.24, 2.45) is 0 Å². The number of hydrogen-bond donors (Lipinski definition) is 1. The summed E-state index contributed by atoms with van der Waals surface area (Å²) in [7, 11) is 0. The first-order valence-corrected chi connectivity index (χ1v) is 8.15. The van der Waals surface area contributed by atoms with Crippen LogP contribution in [-0.2, 0) is 20.7 Å². The number of H-pyrrole nitrogens is 1. The van der Waals surface area contributed by atoms with E-state index in [4.69, 9.17) is 9.47 Å². The normalized spacial score (nSPS) is 18.5. The number of aromatic nitrogens is 1. The van der Waals surface area contributed by atoms with Gasteiger partial charge in [0.05, 0.1) is 6.10 Å². The Kier molecular flexibility index (Phi) is 5.11. The second kappa shape index (κ2) is 7.45. The predicted molar refractivity (Wildman–Crippen MR) is 85.8 cm³/mol. The molecule has 118 valence electrons. The number of esters is 1. The zero-order valence-electron chi connectivity index (χ0n) is 12.8. The highest BCUT2D eigenvalue weighted by atomic mass is 16.6. The first-order valence-electron chi connectivity index (χ1n) is 8.15. The number of carbonyl (C=O) groups excluding carboxylic acids is 1. The van der Waals surface area contributed by atoms with Crippen molar-refractivity contribution in [3.05, 3.63) is 36.0 Å². The number of hydrogen-bond acceptors (Lipinski definition) is 3. The monoisotopic (exact) mass is 301 g/mol. The molecular weight excluding hydrogens is 278 g/mol. The van der Waals surface area contributed by atoms with Crippen LogP contribution >= 0.6 is 0 Å². The quantitative estimate of drug-likeness (QED) is 0.829. The van der Waals surface area contributed by atoms with E-state index in [1.165, 1.54) is 17.4 Å². The van der Waals surface area contributed by atoms with Crippen LogP contribution in [0.2, 0.25) is 0 Å². The van der Waals surface area contributed by atoms with Gasteiger partial charge in [0.15, 0.2) is 0 Å². The predicted octanol–water partition coefficient (Wildman–Crippen LogP) is 3.60. The second-order valence-corrected chi connectivity index (χ2v) is 5.88. The van der Waals surface area contributed by atoms with Gasteiger partial charge in [-0.15, -0.1) is 0 Å². The Hall–Kier alpha value is -1.81. The third-order valence-electron chi connectivity index (χ3n) is 4.21. The second-order valence-electron chi connectivity index (χ2n) is 5.88. The number of aromatic amines is 1. The molecule has 22 heavy (non-hydrogen) atoms. The molecule has 0 bridgehead atoms. The lowest BCUT2D eigenvalue weighted by molar-refractivity contribution is -0.149. The minimum atomic E-state index is -0.117. The first-order chi connectivity index (χ1) is 10.8. The van der Waals surface area contributed by atoms with E-state index in [0.29, 0.717) is 13.0 Å². The van der Waals surface area contributed by atoms with Crippen molar-refractivity contribution in [3.63, 3.8) is 0 Å². The molecule has 1 N–H and O–H groups in total. The Morgan fingerprint density at radius 3 is 3.09 bits per heavy atom. The summed E-state index contributed by atoms with van der Waals surface area (Å²) in [5.74, 6) is -0.117. The summed E-state index contributed by atoms with van der Waals surface area (Å²) in [5, 5.41) is 1.24. The molecule has 0 aliphatic carbocycles. The fraction of sp³-hybridized carbons (Fsp3) is 0.500. The molecule has 0 saturated carbocycles. The summed E-state index contributed by atoms with van der Waals surface area (Å²) < 4.78 is 10.9. The highest BCUT2D eigenvalue weighted by Gasteiger charge is 2.15. The molecule has 1 aromatic carbocycles. The summed E-state index contributed by atoms with van der Waals surface area (Å²) in [6.45, 7) is 1.20. The van der Waals surface area contributed by atoms with Crippen molar-refractivity contribution in [2.75, 3.05) is 13.2 Å². The molecule has 4 heteroatoms. The molecule has 1 fully saturated rings. The first kappa shape index (κ1) is 15.1. The highest BCUT2D eigenvalue weighted by molar-refractivity contribution is 5.83. The third-order valence-corrected chi connectivity index (χ3v) is 4.21. The van der Waals surface area contributed by atoms with E-state index in [2.05, 4.69) is 17.1 Å². The Bertz CT molecular complexity index is 614. The fourth-order valence-corrected chi connectivity index (χ4v) is 2.96. The molecule has 2 aromatic rings. The highest BCUT2D eigenvalue weighted by Crippen LogP contribution is 2.19. The molecule has 1 aliphatic rings. The average Bonchev–Trinajstić information content (AvgIpc) is 2.97. The maximum absolute atomic E-state index is 11.8. The molecule has 1 saturated heterocycles. The largest absolute Gasteiger partial charge is 0.463 e. The molecule has 0 spiro atoms. The van der Waals surface area contributed by atoms with Crippen molar-refractivity contribution in [2.45, 2.75) is 44.6 Å². The van der Waals surface area contributed by atoms with Crippen LogP contribution in [0.15, 0.2) is 30.5 Å². The van der Waals surface area contributed by atoms with Crippen LogP contribution in [-0.4, -0.2) is 30.3 Å². The number of aryl methyl sites for hydroxylation is 1. The lowest BCUT2D eigenvalue weighted by atomic mass is 10.1. The molecule has 2 heterocycles. The van der Waals surface area contributed by atoms with E-state index in [1.54, 1.807) is 0 Å². The number of carbonyl (C=O) groups is 1. The Morgan fingerprint density at radius 2 is 2.23 bits per heavy atom. The van der Waals surface area contributed by atoms with Crippen molar-refractivity contribution in [1.29, 1.82) is 0 Å². The fourth-order valence-electron chi connectivity index (χ4n) is 2.96. The van der Waals surface area contributed by atoms with Crippen molar-refractivity contribution < 1.29 is 14.3 Å². The smallest absolute Gasteiger partial charge is 0.305 e. The van der Waals surface area contributed by atoms with Crippen LogP contribution in [0.25, 0.3) is 10.9 Å². The topological polar surface area (TPSA) is 51.3 Å². The van der Waals surface area contributed by atoms with Crippen LogP contribution in [0, 0.1) is 0 Å². The van der Waals surface area contributed by atoms with Crippen LogP contribution in [0.3, 0.4) is 0 Å². The van der Waals surface area contributed by atoms with Crippen LogP contribution in [0.5, 0.6) is 0 Å². The van der Waals surface area contributed by atoms with Gasteiger partial charge in [-0.05, 0) is 43.7 Å². The van der Waals surface area contributed by atoms with Crippen molar-refractivity contribution in [1.82, 2.24) is 4.98 Å². The molecule has 0 amide bonds. The van der Waals surface area contributed by atoms with Gasteiger partial charge in [-0.1, -0.05) is 18.2 Å².